The molecule has 6 N–H and O–H groups in total. The summed E-state index contributed by atoms with van der Waals surface area (Å²) in [6, 6.07) is 5.83. The third kappa shape index (κ3) is 15.7. The molecule has 0 unspecified atom stereocenters. The molecule has 0 amide bonds. The van der Waals surface area contributed by atoms with Crippen LogP contribution in [0.4, 0.5) is 5.82 Å². The van der Waals surface area contributed by atoms with Crippen LogP contribution in [0.3, 0.4) is 0 Å². The molecule has 1 fully saturated rings. The Morgan fingerprint density at radius 3 is 2.25 bits per heavy atom. The largest absolute Gasteiger partial charge is 0.369 e. The van der Waals surface area contributed by atoms with Gasteiger partial charge in [0.2, 0.25) is 0 Å². The van der Waals surface area contributed by atoms with Crippen LogP contribution >= 0.6 is 0 Å². The van der Waals surface area contributed by atoms with Gasteiger partial charge in [0.05, 0.1) is 0 Å². The van der Waals surface area contributed by atoms with Gasteiger partial charge in [-0.05, 0) is 65.8 Å². The summed E-state index contributed by atoms with van der Waals surface area (Å²) in [5.74, 6) is 0.933. The first kappa shape index (κ1) is 26.7. The molecule has 0 radical (unpaired) electrons. The average Bonchev–Trinajstić information content (AvgIpc) is 2.75. The summed E-state index contributed by atoms with van der Waals surface area (Å²) in [7, 11) is 5.85. The molecule has 164 valence electrons. The first-order valence-electron chi connectivity index (χ1n) is 10.4. The monoisotopic (exact) mass is 396 g/mol. The van der Waals surface area contributed by atoms with Gasteiger partial charge in [0.25, 0.3) is 0 Å². The number of nitrogens with zero attached hydrogens (tertiary/aromatic N) is 3. The minimum atomic E-state index is 0.636. The standard InChI is InChI=1S/C8H13N3.C7H16N2.C5H15N3/c1-9-6-7-11-8-4-2-3-5-10-8;1-8-7-9-5-3-2-4-6-9;1-3-8(4-6)5-7-2/h2-5,9H,6-7H2,1H3,(H,10,11);8H,2-7H2,1H3;7H,3-6H2,1-2H3. The summed E-state index contributed by atoms with van der Waals surface area (Å²) in [4.78, 5) is 8.67. The fraction of sp³-hybridized carbons (Fsp3) is 0.750. The molecule has 0 saturated carbocycles. The van der Waals surface area contributed by atoms with E-state index in [1.54, 1.807) is 6.20 Å². The number of likely N-dealkylation sites (tertiary alicyclic amines) is 1. The maximum Gasteiger partial charge on any atom is 0.125 e. The summed E-state index contributed by atoms with van der Waals surface area (Å²) in [6.07, 6.45) is 5.99. The molecule has 1 aromatic rings. The van der Waals surface area contributed by atoms with Crippen LogP contribution in [-0.4, -0.2) is 88.7 Å². The van der Waals surface area contributed by atoms with Crippen LogP contribution in [-0.2, 0) is 0 Å². The Morgan fingerprint density at radius 1 is 1.04 bits per heavy atom. The summed E-state index contributed by atoms with van der Waals surface area (Å²) in [5, 5.41) is 12.4. The average molecular weight is 397 g/mol. The Kier molecular flexibility index (Phi) is 19.5. The predicted molar refractivity (Wildman–Crippen MR) is 121 cm³/mol. The Balaban J connectivity index is 0.000000397. The zero-order valence-corrected chi connectivity index (χ0v) is 18.5. The molecule has 1 aliphatic rings. The van der Waals surface area contributed by atoms with Crippen LogP contribution in [0, 0.1) is 0 Å². The second kappa shape index (κ2) is 20.4. The highest BCUT2D eigenvalue weighted by Gasteiger charge is 2.07. The van der Waals surface area contributed by atoms with E-state index in [1.807, 2.05) is 39.3 Å². The molecule has 1 saturated heterocycles. The molecule has 0 atom stereocenters. The number of aromatic nitrogens is 1. The highest BCUT2D eigenvalue weighted by Crippen LogP contribution is 2.06. The molecule has 2 heterocycles. The number of hydrogen-bond donors (Lipinski definition) is 5. The topological polar surface area (TPSA) is 93.5 Å². The van der Waals surface area contributed by atoms with E-state index >= 15 is 0 Å². The van der Waals surface area contributed by atoms with Crippen molar-refractivity contribution < 1.29 is 0 Å². The number of nitrogens with one attached hydrogen (secondary N) is 4. The highest BCUT2D eigenvalue weighted by molar-refractivity contribution is 5.32. The van der Waals surface area contributed by atoms with Crippen LogP contribution in [0.5, 0.6) is 0 Å². The van der Waals surface area contributed by atoms with Crippen molar-refractivity contribution >= 4 is 5.82 Å². The van der Waals surface area contributed by atoms with Gasteiger partial charge in [0.15, 0.2) is 0 Å². The molecule has 0 bridgehead atoms. The summed E-state index contributed by atoms with van der Waals surface area (Å²) in [5.41, 5.74) is 5.36. The molecular weight excluding hydrogens is 352 g/mol. The molecule has 28 heavy (non-hydrogen) atoms. The lowest BCUT2D eigenvalue weighted by molar-refractivity contribution is 0.218. The minimum absolute atomic E-state index is 0.636. The van der Waals surface area contributed by atoms with E-state index in [0.717, 1.165) is 38.8 Å². The quantitative estimate of drug-likeness (QED) is 0.292. The molecular formula is C20H44N8. The number of nitrogens with two attached hydrogens (primary N) is 1. The van der Waals surface area contributed by atoms with Gasteiger partial charge >= 0.3 is 0 Å². The fourth-order valence-corrected chi connectivity index (χ4v) is 2.65. The molecule has 8 nitrogen and oxygen atoms in total. The second-order valence-electron chi connectivity index (χ2n) is 6.62. The van der Waals surface area contributed by atoms with Gasteiger partial charge in [-0.25, -0.2) is 4.98 Å². The van der Waals surface area contributed by atoms with E-state index in [0.29, 0.717) is 6.67 Å². The van der Waals surface area contributed by atoms with E-state index < -0.39 is 0 Å². The van der Waals surface area contributed by atoms with Gasteiger partial charge < -0.3 is 27.0 Å². The molecule has 0 spiro atoms. The fourth-order valence-electron chi connectivity index (χ4n) is 2.65. The minimum Gasteiger partial charge on any atom is -0.369 e. The second-order valence-corrected chi connectivity index (χ2v) is 6.62. The maximum atomic E-state index is 5.36. The van der Waals surface area contributed by atoms with Crippen LogP contribution in [0.2, 0.25) is 0 Å². The van der Waals surface area contributed by atoms with Crippen molar-refractivity contribution in [3.8, 4) is 0 Å². The molecule has 1 aliphatic heterocycles. The van der Waals surface area contributed by atoms with Crippen molar-refractivity contribution in [2.24, 2.45) is 5.73 Å². The van der Waals surface area contributed by atoms with Crippen LogP contribution in [0.1, 0.15) is 26.2 Å². The Morgan fingerprint density at radius 2 is 1.79 bits per heavy atom. The maximum absolute atomic E-state index is 5.36. The first-order valence-corrected chi connectivity index (χ1v) is 10.4. The van der Waals surface area contributed by atoms with Crippen molar-refractivity contribution in [2.75, 3.05) is 79.2 Å². The van der Waals surface area contributed by atoms with E-state index in [1.165, 1.54) is 32.4 Å². The normalized spacial score (nSPS) is 13.9. The van der Waals surface area contributed by atoms with Gasteiger partial charge in [-0.1, -0.05) is 19.4 Å². The number of pyridine rings is 1. The van der Waals surface area contributed by atoms with Crippen molar-refractivity contribution in [3.63, 3.8) is 0 Å². The van der Waals surface area contributed by atoms with Crippen molar-refractivity contribution in [1.29, 1.82) is 0 Å². The first-order chi connectivity index (χ1) is 13.7. The highest BCUT2D eigenvalue weighted by atomic mass is 15.2. The van der Waals surface area contributed by atoms with Crippen molar-refractivity contribution in [1.82, 2.24) is 30.7 Å². The lowest BCUT2D eigenvalue weighted by Crippen LogP contribution is -2.36. The van der Waals surface area contributed by atoms with Crippen LogP contribution in [0.25, 0.3) is 0 Å². The molecule has 0 aliphatic carbocycles. The molecule has 1 aromatic heterocycles. The zero-order chi connectivity index (χ0) is 20.9. The van der Waals surface area contributed by atoms with Gasteiger partial charge in [-0.2, -0.15) is 0 Å². The van der Waals surface area contributed by atoms with E-state index in [-0.39, 0.29) is 0 Å². The number of rotatable bonds is 10. The van der Waals surface area contributed by atoms with Gasteiger partial charge in [-0.15, -0.1) is 0 Å². The number of likely N-dealkylation sites (N-methyl/N-ethyl adjacent to an activating group) is 1. The number of hydrogen-bond acceptors (Lipinski definition) is 8. The summed E-state index contributed by atoms with van der Waals surface area (Å²) < 4.78 is 0. The van der Waals surface area contributed by atoms with Gasteiger partial charge in [0, 0.05) is 39.3 Å². The SMILES string of the molecule is CCN(CN)CNC.CNCCNc1ccccn1.CNCN1CCCCC1. The van der Waals surface area contributed by atoms with E-state index in [2.05, 4.69) is 43.0 Å². The number of piperidine rings is 1. The molecule has 8 heteroatoms. The van der Waals surface area contributed by atoms with Crippen LogP contribution in [0.15, 0.2) is 24.4 Å². The summed E-state index contributed by atoms with van der Waals surface area (Å²) >= 11 is 0. The summed E-state index contributed by atoms with van der Waals surface area (Å²) in [6.45, 7) is 10.1. The van der Waals surface area contributed by atoms with Gasteiger partial charge in [-0.3, -0.25) is 9.80 Å². The van der Waals surface area contributed by atoms with Gasteiger partial charge in [0.1, 0.15) is 5.82 Å². The van der Waals surface area contributed by atoms with Crippen molar-refractivity contribution in [2.45, 2.75) is 26.2 Å². The van der Waals surface area contributed by atoms with E-state index in [4.69, 9.17) is 5.73 Å². The third-order valence-electron chi connectivity index (χ3n) is 4.26. The third-order valence-corrected chi connectivity index (χ3v) is 4.26. The Bertz CT molecular complexity index is 405. The van der Waals surface area contributed by atoms with Crippen molar-refractivity contribution in [3.05, 3.63) is 24.4 Å². The molecule has 2 rings (SSSR count). The lowest BCUT2D eigenvalue weighted by Gasteiger charge is -2.25. The zero-order valence-electron chi connectivity index (χ0n) is 18.5. The Labute approximate surface area is 172 Å². The smallest absolute Gasteiger partial charge is 0.125 e. The lowest BCUT2D eigenvalue weighted by atomic mass is 10.1. The number of anilines is 1. The van der Waals surface area contributed by atoms with E-state index in [9.17, 15) is 0 Å². The van der Waals surface area contributed by atoms with Crippen LogP contribution < -0.4 is 27.0 Å². The predicted octanol–water partition coefficient (Wildman–Crippen LogP) is 0.764. The Hall–Kier alpha value is -1.29. The molecule has 0 aromatic carbocycles.